The number of rotatable bonds is 2. The molecule has 0 aromatic carbocycles. The normalized spacial score (nSPS) is 34.9. The van der Waals surface area contributed by atoms with Gasteiger partial charge in [-0.05, 0) is 44.2 Å². The lowest BCUT2D eigenvalue weighted by Gasteiger charge is -2.45. The van der Waals surface area contributed by atoms with Gasteiger partial charge in [0.1, 0.15) is 0 Å². The van der Waals surface area contributed by atoms with Crippen molar-refractivity contribution in [2.45, 2.75) is 25.7 Å². The number of aliphatic hydroxyl groups is 1. The molecule has 2 aliphatic rings. The van der Waals surface area contributed by atoms with E-state index < -0.39 is 0 Å². The van der Waals surface area contributed by atoms with E-state index >= 15 is 0 Å². The summed E-state index contributed by atoms with van der Waals surface area (Å²) >= 11 is 0. The van der Waals surface area contributed by atoms with Crippen LogP contribution in [0, 0.1) is 5.41 Å². The summed E-state index contributed by atoms with van der Waals surface area (Å²) in [5.74, 6) is 0. The summed E-state index contributed by atoms with van der Waals surface area (Å²) in [5.41, 5.74) is 0.533. The monoisotopic (exact) mass is 198 g/mol. The zero-order valence-corrected chi connectivity index (χ0v) is 8.97. The lowest BCUT2D eigenvalue weighted by molar-refractivity contribution is 0.0540. The molecule has 0 radical (unpaired) electrons. The maximum absolute atomic E-state index is 8.95. The van der Waals surface area contributed by atoms with E-state index in [0.717, 1.165) is 6.54 Å². The van der Waals surface area contributed by atoms with E-state index in [4.69, 9.17) is 5.11 Å². The quantitative estimate of drug-likeness (QED) is 0.676. The largest absolute Gasteiger partial charge is 0.395 e. The second-order valence-electron chi connectivity index (χ2n) is 4.88. The Morgan fingerprint density at radius 2 is 2.14 bits per heavy atom. The molecule has 0 aromatic heterocycles. The number of aliphatic hydroxyl groups excluding tert-OH is 1. The van der Waals surface area contributed by atoms with Gasteiger partial charge >= 0.3 is 0 Å². The highest BCUT2D eigenvalue weighted by Crippen LogP contribution is 2.35. The van der Waals surface area contributed by atoms with Crippen molar-refractivity contribution in [2.75, 3.05) is 39.3 Å². The smallest absolute Gasteiger partial charge is 0.0558 e. The van der Waals surface area contributed by atoms with Crippen LogP contribution in [0.3, 0.4) is 0 Å². The average molecular weight is 198 g/mol. The van der Waals surface area contributed by atoms with Gasteiger partial charge in [0.15, 0.2) is 0 Å². The zero-order valence-electron chi connectivity index (χ0n) is 8.97. The van der Waals surface area contributed by atoms with Gasteiger partial charge in [-0.2, -0.15) is 0 Å². The Balaban J connectivity index is 1.91. The number of likely N-dealkylation sites (tertiary alicyclic amines) is 1. The molecule has 1 spiro atoms. The zero-order chi connectivity index (χ0) is 9.86. The molecule has 82 valence electrons. The lowest BCUT2D eigenvalue weighted by Crippen LogP contribution is -2.51. The minimum absolute atomic E-state index is 0.309. The van der Waals surface area contributed by atoms with Crippen LogP contribution in [-0.2, 0) is 0 Å². The minimum atomic E-state index is 0.309. The Labute approximate surface area is 86.5 Å². The average Bonchev–Trinajstić information content (AvgIpc) is 2.19. The van der Waals surface area contributed by atoms with E-state index in [0.29, 0.717) is 12.0 Å². The van der Waals surface area contributed by atoms with Crippen molar-refractivity contribution >= 4 is 0 Å². The molecule has 3 nitrogen and oxygen atoms in total. The first kappa shape index (κ1) is 10.4. The van der Waals surface area contributed by atoms with Crippen LogP contribution in [0.5, 0.6) is 0 Å². The van der Waals surface area contributed by atoms with Gasteiger partial charge in [-0.3, -0.25) is 0 Å². The van der Waals surface area contributed by atoms with E-state index in [-0.39, 0.29) is 0 Å². The Morgan fingerprint density at radius 1 is 1.29 bits per heavy atom. The van der Waals surface area contributed by atoms with Gasteiger partial charge < -0.3 is 15.3 Å². The van der Waals surface area contributed by atoms with Crippen molar-refractivity contribution in [3.8, 4) is 0 Å². The molecule has 0 aliphatic carbocycles. The van der Waals surface area contributed by atoms with E-state index in [1.165, 1.54) is 51.9 Å². The third kappa shape index (κ3) is 2.27. The molecular formula is C11H22N2O. The third-order valence-corrected chi connectivity index (χ3v) is 3.72. The highest BCUT2D eigenvalue weighted by molar-refractivity contribution is 4.91. The summed E-state index contributed by atoms with van der Waals surface area (Å²) in [4.78, 5) is 2.43. The molecule has 2 N–H and O–H groups in total. The van der Waals surface area contributed by atoms with Crippen molar-refractivity contribution in [1.29, 1.82) is 0 Å². The Kier molecular flexibility index (Phi) is 3.42. The van der Waals surface area contributed by atoms with Crippen LogP contribution in [0.1, 0.15) is 25.7 Å². The number of hydrogen-bond donors (Lipinski definition) is 2. The molecular weight excluding hydrogens is 176 g/mol. The molecule has 1 unspecified atom stereocenters. The predicted molar refractivity (Wildman–Crippen MR) is 57.3 cm³/mol. The van der Waals surface area contributed by atoms with Gasteiger partial charge in [0.25, 0.3) is 0 Å². The van der Waals surface area contributed by atoms with Gasteiger partial charge in [0.05, 0.1) is 6.61 Å². The highest BCUT2D eigenvalue weighted by atomic mass is 16.3. The van der Waals surface area contributed by atoms with Crippen molar-refractivity contribution < 1.29 is 5.11 Å². The van der Waals surface area contributed by atoms with E-state index in [9.17, 15) is 0 Å². The number of piperidine rings is 2. The topological polar surface area (TPSA) is 35.5 Å². The van der Waals surface area contributed by atoms with Crippen molar-refractivity contribution in [2.24, 2.45) is 5.41 Å². The maximum atomic E-state index is 8.95. The molecule has 2 saturated heterocycles. The van der Waals surface area contributed by atoms with Crippen LogP contribution in [0.25, 0.3) is 0 Å². The second kappa shape index (κ2) is 4.60. The number of nitrogens with one attached hydrogen (secondary N) is 1. The van der Waals surface area contributed by atoms with E-state index in [1.54, 1.807) is 0 Å². The molecule has 2 rings (SSSR count). The number of hydrogen-bond acceptors (Lipinski definition) is 3. The Morgan fingerprint density at radius 3 is 2.86 bits per heavy atom. The molecule has 0 saturated carbocycles. The SMILES string of the molecule is OCCN1CCCC2(CCCNC2)C1. The molecule has 3 heteroatoms. The van der Waals surface area contributed by atoms with Crippen molar-refractivity contribution in [3.63, 3.8) is 0 Å². The minimum Gasteiger partial charge on any atom is -0.395 e. The fourth-order valence-corrected chi connectivity index (χ4v) is 3.02. The molecule has 2 heterocycles. The second-order valence-corrected chi connectivity index (χ2v) is 4.88. The summed E-state index contributed by atoms with van der Waals surface area (Å²) in [5, 5.41) is 12.5. The molecule has 2 aliphatic heterocycles. The predicted octanol–water partition coefficient (Wildman–Crippen LogP) is 0.444. The summed E-state index contributed by atoms with van der Waals surface area (Å²) in [6.45, 7) is 5.94. The molecule has 0 amide bonds. The van der Waals surface area contributed by atoms with Crippen LogP contribution in [0.4, 0.5) is 0 Å². The standard InChI is InChI=1S/C11H22N2O/c14-8-7-13-6-2-4-11(10-13)3-1-5-12-9-11/h12,14H,1-10H2. The third-order valence-electron chi connectivity index (χ3n) is 3.72. The fraction of sp³-hybridized carbons (Fsp3) is 1.00. The van der Waals surface area contributed by atoms with Gasteiger partial charge in [-0.25, -0.2) is 0 Å². The molecule has 0 aromatic rings. The Hall–Kier alpha value is -0.120. The maximum Gasteiger partial charge on any atom is 0.0558 e. The van der Waals surface area contributed by atoms with Crippen molar-refractivity contribution in [3.05, 3.63) is 0 Å². The van der Waals surface area contributed by atoms with Gasteiger partial charge in [-0.15, -0.1) is 0 Å². The van der Waals surface area contributed by atoms with E-state index in [1.807, 2.05) is 0 Å². The first-order valence-corrected chi connectivity index (χ1v) is 5.89. The first-order valence-electron chi connectivity index (χ1n) is 5.89. The molecule has 1 atom stereocenters. The van der Waals surface area contributed by atoms with E-state index in [2.05, 4.69) is 10.2 Å². The van der Waals surface area contributed by atoms with Crippen LogP contribution < -0.4 is 5.32 Å². The number of β-amino-alcohol motifs (C(OH)–C–C–N with tert-alkyl or cyclic N) is 1. The Bertz CT molecular complexity index is 171. The van der Waals surface area contributed by atoms with Crippen LogP contribution >= 0.6 is 0 Å². The summed E-state index contributed by atoms with van der Waals surface area (Å²) in [6, 6.07) is 0. The van der Waals surface area contributed by atoms with Crippen LogP contribution in [-0.4, -0.2) is 49.3 Å². The van der Waals surface area contributed by atoms with Gasteiger partial charge in [0.2, 0.25) is 0 Å². The lowest BCUT2D eigenvalue weighted by atomic mass is 9.74. The van der Waals surface area contributed by atoms with Gasteiger partial charge in [0, 0.05) is 19.6 Å². The first-order chi connectivity index (χ1) is 6.85. The van der Waals surface area contributed by atoms with Crippen LogP contribution in [0.15, 0.2) is 0 Å². The molecule has 2 fully saturated rings. The van der Waals surface area contributed by atoms with Crippen molar-refractivity contribution in [1.82, 2.24) is 10.2 Å². The summed E-state index contributed by atoms with van der Waals surface area (Å²) in [6.07, 6.45) is 5.39. The fourth-order valence-electron chi connectivity index (χ4n) is 3.02. The van der Waals surface area contributed by atoms with Gasteiger partial charge in [-0.1, -0.05) is 0 Å². The highest BCUT2D eigenvalue weighted by Gasteiger charge is 2.35. The number of nitrogens with zero attached hydrogens (tertiary/aromatic N) is 1. The van der Waals surface area contributed by atoms with Crippen LogP contribution in [0.2, 0.25) is 0 Å². The molecule has 14 heavy (non-hydrogen) atoms. The molecule has 0 bridgehead atoms. The summed E-state index contributed by atoms with van der Waals surface area (Å²) < 4.78 is 0. The summed E-state index contributed by atoms with van der Waals surface area (Å²) in [7, 11) is 0.